The summed E-state index contributed by atoms with van der Waals surface area (Å²) in [7, 11) is 0. The van der Waals surface area contributed by atoms with Crippen LogP contribution in [0.2, 0.25) is 0 Å². The lowest BCUT2D eigenvalue weighted by Crippen LogP contribution is -2.44. The predicted molar refractivity (Wildman–Crippen MR) is 67.4 cm³/mol. The van der Waals surface area contributed by atoms with Gasteiger partial charge in [0.1, 0.15) is 11.6 Å². The van der Waals surface area contributed by atoms with Gasteiger partial charge < -0.3 is 21.9 Å². The Morgan fingerprint density at radius 2 is 1.94 bits per heavy atom. The molecular weight excluding hydrogens is 218 g/mol. The third kappa shape index (κ3) is 2.76. The predicted octanol–water partition coefficient (Wildman–Crippen LogP) is 0.748. The lowest BCUT2D eigenvalue weighted by Gasteiger charge is -2.36. The van der Waals surface area contributed by atoms with Crippen LogP contribution in [0, 0.1) is 0 Å². The Balaban J connectivity index is 2.17. The maximum absolute atomic E-state index is 9.57. The first-order valence-electron chi connectivity index (χ1n) is 5.93. The summed E-state index contributed by atoms with van der Waals surface area (Å²) in [6, 6.07) is 1.64. The second-order valence-corrected chi connectivity index (χ2v) is 4.66. The lowest BCUT2D eigenvalue weighted by molar-refractivity contribution is 0.172. The van der Waals surface area contributed by atoms with Crippen LogP contribution < -0.4 is 16.8 Å². The molecule has 1 aromatic rings. The van der Waals surface area contributed by atoms with Gasteiger partial charge in [0, 0.05) is 6.07 Å². The first kappa shape index (κ1) is 11.9. The number of hydrogen-bond acceptors (Lipinski definition) is 6. The summed E-state index contributed by atoms with van der Waals surface area (Å²) in [5.41, 5.74) is 10.9. The Kier molecular flexibility index (Phi) is 3.33. The van der Waals surface area contributed by atoms with Crippen molar-refractivity contribution >= 4 is 17.6 Å². The van der Waals surface area contributed by atoms with Gasteiger partial charge in [0.2, 0.25) is 5.95 Å². The van der Waals surface area contributed by atoms with Crippen LogP contribution in [-0.4, -0.2) is 27.2 Å². The van der Waals surface area contributed by atoms with E-state index < -0.39 is 0 Å². The number of rotatable bonds is 3. The fraction of sp³-hybridized carbons (Fsp3) is 0.636. The Morgan fingerprint density at radius 3 is 2.53 bits per heavy atom. The summed E-state index contributed by atoms with van der Waals surface area (Å²) in [4.78, 5) is 7.90. The minimum Gasteiger partial charge on any atom is -0.394 e. The lowest BCUT2D eigenvalue weighted by atomic mass is 9.82. The smallest absolute Gasteiger partial charge is 0.223 e. The van der Waals surface area contributed by atoms with Crippen molar-refractivity contribution in [2.24, 2.45) is 0 Å². The molecule has 1 fully saturated rings. The summed E-state index contributed by atoms with van der Waals surface area (Å²) in [5, 5.41) is 12.8. The standard InChI is InChI=1S/C11H19N5O/c12-8-6-9(15-10(13)14-8)16-11(7-17)4-2-1-3-5-11/h6,17H,1-5,7H2,(H5,12,13,14,15,16). The molecule has 2 rings (SSSR count). The molecule has 0 amide bonds. The minimum atomic E-state index is -0.286. The summed E-state index contributed by atoms with van der Waals surface area (Å²) in [5.74, 6) is 1.08. The van der Waals surface area contributed by atoms with Crippen LogP contribution in [0.15, 0.2) is 6.07 Å². The number of nitrogens with zero attached hydrogens (tertiary/aromatic N) is 2. The number of aromatic nitrogens is 2. The van der Waals surface area contributed by atoms with Crippen molar-refractivity contribution in [3.63, 3.8) is 0 Å². The molecule has 6 heteroatoms. The van der Waals surface area contributed by atoms with Gasteiger partial charge in [-0.25, -0.2) is 0 Å². The van der Waals surface area contributed by atoms with E-state index in [9.17, 15) is 5.11 Å². The molecule has 0 bridgehead atoms. The number of nitrogens with two attached hydrogens (primary N) is 2. The molecule has 1 heterocycles. The summed E-state index contributed by atoms with van der Waals surface area (Å²) in [6.07, 6.45) is 5.32. The molecular formula is C11H19N5O. The molecule has 1 aliphatic rings. The van der Waals surface area contributed by atoms with Crippen molar-refractivity contribution < 1.29 is 5.11 Å². The number of hydrogen-bond donors (Lipinski definition) is 4. The van der Waals surface area contributed by atoms with Crippen LogP contribution in [0.3, 0.4) is 0 Å². The van der Waals surface area contributed by atoms with Gasteiger partial charge in [0.15, 0.2) is 0 Å². The molecule has 0 atom stereocenters. The SMILES string of the molecule is Nc1cc(NC2(CO)CCCCC2)nc(N)n1. The molecule has 6 nitrogen and oxygen atoms in total. The third-order valence-electron chi connectivity index (χ3n) is 3.27. The number of aliphatic hydroxyl groups excluding tert-OH is 1. The van der Waals surface area contributed by atoms with Crippen molar-refractivity contribution in [3.8, 4) is 0 Å². The zero-order chi connectivity index (χ0) is 12.3. The second kappa shape index (κ2) is 4.75. The molecule has 0 aromatic carbocycles. The quantitative estimate of drug-likeness (QED) is 0.617. The normalized spacial score (nSPS) is 18.9. The highest BCUT2D eigenvalue weighted by atomic mass is 16.3. The molecule has 94 valence electrons. The topological polar surface area (TPSA) is 110 Å². The molecule has 6 N–H and O–H groups in total. The monoisotopic (exact) mass is 237 g/mol. The highest BCUT2D eigenvalue weighted by molar-refractivity contribution is 5.50. The Bertz CT molecular complexity index is 369. The van der Waals surface area contributed by atoms with E-state index >= 15 is 0 Å². The van der Waals surface area contributed by atoms with Crippen LogP contribution in [-0.2, 0) is 0 Å². The van der Waals surface area contributed by atoms with Gasteiger partial charge in [-0.3, -0.25) is 0 Å². The van der Waals surface area contributed by atoms with Crippen molar-refractivity contribution in [2.45, 2.75) is 37.6 Å². The highest BCUT2D eigenvalue weighted by Gasteiger charge is 2.31. The van der Waals surface area contributed by atoms with Gasteiger partial charge in [-0.1, -0.05) is 19.3 Å². The Labute approximate surface area is 100 Å². The molecule has 1 aromatic heterocycles. The van der Waals surface area contributed by atoms with Crippen LogP contribution in [0.25, 0.3) is 0 Å². The minimum absolute atomic E-state index is 0.0941. The van der Waals surface area contributed by atoms with Crippen LogP contribution >= 0.6 is 0 Å². The van der Waals surface area contributed by atoms with E-state index in [2.05, 4.69) is 15.3 Å². The number of nitrogens with one attached hydrogen (secondary N) is 1. The van der Waals surface area contributed by atoms with E-state index in [1.165, 1.54) is 6.42 Å². The average Bonchev–Trinajstić information content (AvgIpc) is 2.29. The first-order chi connectivity index (χ1) is 8.13. The molecule has 17 heavy (non-hydrogen) atoms. The third-order valence-corrected chi connectivity index (χ3v) is 3.27. The van der Waals surface area contributed by atoms with Crippen molar-refractivity contribution in [3.05, 3.63) is 6.07 Å². The fourth-order valence-electron chi connectivity index (χ4n) is 2.37. The van der Waals surface area contributed by atoms with E-state index in [-0.39, 0.29) is 18.1 Å². The van der Waals surface area contributed by atoms with E-state index in [1.54, 1.807) is 6.07 Å². The van der Waals surface area contributed by atoms with Gasteiger partial charge in [0.05, 0.1) is 12.1 Å². The molecule has 1 saturated carbocycles. The van der Waals surface area contributed by atoms with Gasteiger partial charge >= 0.3 is 0 Å². The summed E-state index contributed by atoms with van der Waals surface area (Å²) < 4.78 is 0. The number of anilines is 3. The van der Waals surface area contributed by atoms with Gasteiger partial charge in [-0.15, -0.1) is 0 Å². The van der Waals surface area contributed by atoms with E-state index in [0.29, 0.717) is 11.6 Å². The molecule has 1 aliphatic carbocycles. The summed E-state index contributed by atoms with van der Waals surface area (Å²) in [6.45, 7) is 0.0941. The molecule has 0 spiro atoms. The Hall–Kier alpha value is -1.56. The van der Waals surface area contributed by atoms with Crippen LogP contribution in [0.4, 0.5) is 17.6 Å². The Morgan fingerprint density at radius 1 is 1.24 bits per heavy atom. The van der Waals surface area contributed by atoms with E-state index in [1.807, 2.05) is 0 Å². The van der Waals surface area contributed by atoms with E-state index in [0.717, 1.165) is 25.7 Å². The number of aliphatic hydroxyl groups is 1. The van der Waals surface area contributed by atoms with E-state index in [4.69, 9.17) is 11.5 Å². The zero-order valence-corrected chi connectivity index (χ0v) is 9.82. The average molecular weight is 237 g/mol. The number of nitrogen functional groups attached to an aromatic ring is 2. The first-order valence-corrected chi connectivity index (χ1v) is 5.93. The van der Waals surface area contributed by atoms with Crippen LogP contribution in [0.1, 0.15) is 32.1 Å². The maximum Gasteiger partial charge on any atom is 0.223 e. The zero-order valence-electron chi connectivity index (χ0n) is 9.82. The second-order valence-electron chi connectivity index (χ2n) is 4.66. The van der Waals surface area contributed by atoms with Gasteiger partial charge in [0.25, 0.3) is 0 Å². The molecule has 0 radical (unpaired) electrons. The highest BCUT2D eigenvalue weighted by Crippen LogP contribution is 2.31. The van der Waals surface area contributed by atoms with Crippen molar-refractivity contribution in [1.29, 1.82) is 0 Å². The molecule has 0 aliphatic heterocycles. The van der Waals surface area contributed by atoms with Crippen molar-refractivity contribution in [1.82, 2.24) is 9.97 Å². The fourth-order valence-corrected chi connectivity index (χ4v) is 2.37. The van der Waals surface area contributed by atoms with Gasteiger partial charge in [-0.05, 0) is 12.8 Å². The molecule has 0 unspecified atom stereocenters. The van der Waals surface area contributed by atoms with Crippen LogP contribution in [0.5, 0.6) is 0 Å². The van der Waals surface area contributed by atoms with Crippen molar-refractivity contribution in [2.75, 3.05) is 23.4 Å². The van der Waals surface area contributed by atoms with Gasteiger partial charge in [-0.2, -0.15) is 9.97 Å². The summed E-state index contributed by atoms with van der Waals surface area (Å²) >= 11 is 0. The maximum atomic E-state index is 9.57. The largest absolute Gasteiger partial charge is 0.394 e. The molecule has 0 saturated heterocycles.